The predicted octanol–water partition coefficient (Wildman–Crippen LogP) is 3.42. The molecule has 1 aliphatic rings. The number of likely N-dealkylation sites (N-methyl/N-ethyl adjacent to an activating group) is 1. The minimum atomic E-state index is -0.0296. The van der Waals surface area contributed by atoms with E-state index in [4.69, 9.17) is 0 Å². The molecule has 1 amide bonds. The van der Waals surface area contributed by atoms with Gasteiger partial charge >= 0.3 is 0 Å². The van der Waals surface area contributed by atoms with Crippen molar-refractivity contribution in [1.29, 1.82) is 0 Å². The average molecular weight is 390 g/mol. The van der Waals surface area contributed by atoms with E-state index in [2.05, 4.69) is 56.0 Å². The highest BCUT2D eigenvalue weighted by Crippen LogP contribution is 2.26. The van der Waals surface area contributed by atoms with E-state index < -0.39 is 0 Å². The topological polar surface area (TPSA) is 32.3 Å². The molecule has 1 aromatic carbocycles. The molecule has 0 bridgehead atoms. The fourth-order valence-corrected chi connectivity index (χ4v) is 3.31. The number of carbonyl (C=O) groups is 1. The third-order valence-corrected chi connectivity index (χ3v) is 4.42. The molecule has 2 rings (SSSR count). The van der Waals surface area contributed by atoms with Crippen LogP contribution in [-0.4, -0.2) is 36.5 Å². The molecule has 1 fully saturated rings. The SMILES string of the molecule is CC(CNC(=O)c1cc(Br)cc(Br)c1)N(C)C1CC1. The number of amides is 1. The van der Waals surface area contributed by atoms with Crippen molar-refractivity contribution in [2.75, 3.05) is 13.6 Å². The Morgan fingerprint density at radius 1 is 1.37 bits per heavy atom. The fourth-order valence-electron chi connectivity index (χ4n) is 2.01. The van der Waals surface area contributed by atoms with E-state index in [1.54, 1.807) is 0 Å². The van der Waals surface area contributed by atoms with E-state index in [0.717, 1.165) is 8.95 Å². The molecular formula is C14H18Br2N2O. The summed E-state index contributed by atoms with van der Waals surface area (Å²) in [5.74, 6) is -0.0296. The van der Waals surface area contributed by atoms with Gasteiger partial charge in [-0.25, -0.2) is 0 Å². The van der Waals surface area contributed by atoms with Crippen molar-refractivity contribution in [3.63, 3.8) is 0 Å². The molecule has 0 saturated heterocycles. The van der Waals surface area contributed by atoms with Crippen LogP contribution >= 0.6 is 31.9 Å². The van der Waals surface area contributed by atoms with Gasteiger partial charge in [-0.1, -0.05) is 31.9 Å². The summed E-state index contributed by atoms with van der Waals surface area (Å²) in [6, 6.07) is 6.66. The normalized spacial score (nSPS) is 16.5. The standard InChI is InChI=1S/C14H18Br2N2O/c1-9(18(2)13-3-4-13)8-17-14(19)10-5-11(15)7-12(16)6-10/h5-7,9,13H,3-4,8H2,1-2H3,(H,17,19). The number of nitrogens with one attached hydrogen (secondary N) is 1. The van der Waals surface area contributed by atoms with Gasteiger partial charge in [-0.3, -0.25) is 9.69 Å². The first kappa shape index (κ1) is 15.0. The summed E-state index contributed by atoms with van der Waals surface area (Å²) in [5, 5.41) is 2.99. The van der Waals surface area contributed by atoms with E-state index in [0.29, 0.717) is 24.2 Å². The van der Waals surface area contributed by atoms with Gasteiger partial charge in [0.05, 0.1) is 0 Å². The summed E-state index contributed by atoms with van der Waals surface area (Å²) in [7, 11) is 2.13. The van der Waals surface area contributed by atoms with Gasteiger partial charge in [0.15, 0.2) is 0 Å². The van der Waals surface area contributed by atoms with E-state index in [1.165, 1.54) is 12.8 Å². The highest BCUT2D eigenvalue weighted by Gasteiger charge is 2.29. The van der Waals surface area contributed by atoms with Crippen LogP contribution in [0.25, 0.3) is 0 Å². The van der Waals surface area contributed by atoms with E-state index >= 15 is 0 Å². The van der Waals surface area contributed by atoms with Crippen molar-refractivity contribution in [1.82, 2.24) is 10.2 Å². The number of halogens is 2. The Bertz CT molecular complexity index is 454. The van der Waals surface area contributed by atoms with Crippen molar-refractivity contribution in [3.05, 3.63) is 32.7 Å². The predicted molar refractivity (Wildman–Crippen MR) is 84.4 cm³/mol. The highest BCUT2D eigenvalue weighted by molar-refractivity contribution is 9.11. The summed E-state index contributed by atoms with van der Waals surface area (Å²) >= 11 is 6.79. The van der Waals surface area contributed by atoms with Crippen LogP contribution in [0.4, 0.5) is 0 Å². The molecule has 1 atom stereocenters. The lowest BCUT2D eigenvalue weighted by Gasteiger charge is -2.24. The molecule has 0 aromatic heterocycles. The molecule has 1 N–H and O–H groups in total. The van der Waals surface area contributed by atoms with Crippen molar-refractivity contribution >= 4 is 37.8 Å². The maximum atomic E-state index is 12.1. The molecule has 104 valence electrons. The zero-order valence-corrected chi connectivity index (χ0v) is 14.3. The molecule has 0 spiro atoms. The van der Waals surface area contributed by atoms with Crippen molar-refractivity contribution < 1.29 is 4.79 Å². The third-order valence-electron chi connectivity index (χ3n) is 3.50. The summed E-state index contributed by atoms with van der Waals surface area (Å²) < 4.78 is 1.80. The van der Waals surface area contributed by atoms with Crippen LogP contribution in [-0.2, 0) is 0 Å². The molecule has 1 unspecified atom stereocenters. The first-order chi connectivity index (χ1) is 8.97. The molecular weight excluding hydrogens is 372 g/mol. The lowest BCUT2D eigenvalue weighted by molar-refractivity contribution is 0.0939. The van der Waals surface area contributed by atoms with E-state index in [-0.39, 0.29) is 5.91 Å². The van der Waals surface area contributed by atoms with Crippen molar-refractivity contribution in [2.24, 2.45) is 0 Å². The molecule has 5 heteroatoms. The van der Waals surface area contributed by atoms with Gasteiger partial charge in [-0.05, 0) is 45.0 Å². The van der Waals surface area contributed by atoms with Crippen LogP contribution in [0, 0.1) is 0 Å². The number of hydrogen-bond acceptors (Lipinski definition) is 2. The van der Waals surface area contributed by atoms with Gasteiger partial charge in [-0.2, -0.15) is 0 Å². The lowest BCUT2D eigenvalue weighted by atomic mass is 10.2. The average Bonchev–Trinajstić information content (AvgIpc) is 3.17. The van der Waals surface area contributed by atoms with E-state index in [1.807, 2.05) is 18.2 Å². The summed E-state index contributed by atoms with van der Waals surface area (Å²) in [4.78, 5) is 14.4. The van der Waals surface area contributed by atoms with Crippen LogP contribution in [0.3, 0.4) is 0 Å². The largest absolute Gasteiger partial charge is 0.350 e. The summed E-state index contributed by atoms with van der Waals surface area (Å²) in [6.45, 7) is 2.82. The van der Waals surface area contributed by atoms with Gasteiger partial charge in [0.1, 0.15) is 0 Å². The molecule has 1 aromatic rings. The van der Waals surface area contributed by atoms with Gasteiger partial charge in [0.25, 0.3) is 5.91 Å². The molecule has 0 radical (unpaired) electrons. The number of rotatable bonds is 5. The quantitative estimate of drug-likeness (QED) is 0.836. The Kier molecular flexibility index (Phi) is 5.03. The molecule has 0 aliphatic heterocycles. The summed E-state index contributed by atoms with van der Waals surface area (Å²) in [6.07, 6.45) is 2.57. The highest BCUT2D eigenvalue weighted by atomic mass is 79.9. The molecule has 1 aliphatic carbocycles. The number of carbonyl (C=O) groups excluding carboxylic acids is 1. The van der Waals surface area contributed by atoms with Crippen LogP contribution in [0.1, 0.15) is 30.1 Å². The Morgan fingerprint density at radius 2 is 1.95 bits per heavy atom. The molecule has 19 heavy (non-hydrogen) atoms. The maximum Gasteiger partial charge on any atom is 0.251 e. The van der Waals surface area contributed by atoms with Gasteiger partial charge in [0.2, 0.25) is 0 Å². The summed E-state index contributed by atoms with van der Waals surface area (Å²) in [5.41, 5.74) is 0.669. The third kappa shape index (κ3) is 4.29. The number of nitrogens with zero attached hydrogens (tertiary/aromatic N) is 1. The number of benzene rings is 1. The number of hydrogen-bond donors (Lipinski definition) is 1. The monoisotopic (exact) mass is 388 g/mol. The second-order valence-corrected chi connectivity index (χ2v) is 6.95. The smallest absolute Gasteiger partial charge is 0.251 e. The van der Waals surface area contributed by atoms with Crippen LogP contribution in [0.2, 0.25) is 0 Å². The zero-order valence-electron chi connectivity index (χ0n) is 11.1. The second kappa shape index (κ2) is 6.37. The Hall–Kier alpha value is -0.390. The van der Waals surface area contributed by atoms with Crippen molar-refractivity contribution in [3.8, 4) is 0 Å². The Morgan fingerprint density at radius 3 is 2.47 bits per heavy atom. The molecule has 1 saturated carbocycles. The van der Waals surface area contributed by atoms with E-state index in [9.17, 15) is 4.79 Å². The maximum absolute atomic E-state index is 12.1. The molecule has 3 nitrogen and oxygen atoms in total. The Labute approximate surface area is 131 Å². The van der Waals surface area contributed by atoms with Crippen molar-refractivity contribution in [2.45, 2.75) is 31.8 Å². The van der Waals surface area contributed by atoms with Gasteiger partial charge < -0.3 is 5.32 Å². The van der Waals surface area contributed by atoms with Crippen LogP contribution < -0.4 is 5.32 Å². The van der Waals surface area contributed by atoms with Gasteiger partial charge in [0, 0.05) is 33.1 Å². The van der Waals surface area contributed by atoms with Crippen LogP contribution in [0.15, 0.2) is 27.1 Å². The first-order valence-electron chi connectivity index (χ1n) is 6.43. The minimum absolute atomic E-state index is 0.0296. The van der Waals surface area contributed by atoms with Crippen LogP contribution in [0.5, 0.6) is 0 Å². The Balaban J connectivity index is 1.89. The minimum Gasteiger partial charge on any atom is -0.350 e. The first-order valence-corrected chi connectivity index (χ1v) is 8.02. The molecule has 0 heterocycles. The fraction of sp³-hybridized carbons (Fsp3) is 0.500. The zero-order chi connectivity index (χ0) is 14.0. The van der Waals surface area contributed by atoms with Gasteiger partial charge in [-0.15, -0.1) is 0 Å². The second-order valence-electron chi connectivity index (χ2n) is 5.11. The lowest BCUT2D eigenvalue weighted by Crippen LogP contribution is -2.41.